The number of amides is 1. The van der Waals surface area contributed by atoms with Crippen LogP contribution >= 0.6 is 0 Å². The minimum atomic E-state index is -3.57. The molecule has 0 aliphatic carbocycles. The van der Waals surface area contributed by atoms with Crippen molar-refractivity contribution in [2.45, 2.75) is 32.6 Å². The van der Waals surface area contributed by atoms with E-state index in [0.29, 0.717) is 29.3 Å². The fourth-order valence-corrected chi connectivity index (χ4v) is 5.45. The van der Waals surface area contributed by atoms with E-state index in [-0.39, 0.29) is 19.0 Å². The quantitative estimate of drug-likeness (QED) is 0.826. The lowest BCUT2D eigenvalue weighted by molar-refractivity contribution is 0.0696. The van der Waals surface area contributed by atoms with Crippen LogP contribution < -0.4 is 0 Å². The smallest absolute Gasteiger partial charge is 0.257 e. The van der Waals surface area contributed by atoms with Crippen LogP contribution in [-0.4, -0.2) is 49.7 Å². The molecule has 26 heavy (non-hydrogen) atoms. The molecule has 2 heterocycles. The molecule has 1 amide bonds. The molecular weight excluding hydrogens is 352 g/mol. The van der Waals surface area contributed by atoms with Crippen LogP contribution in [0.15, 0.2) is 33.8 Å². The largest absolute Gasteiger partial charge is 0.469 e. The molecule has 1 aromatic heterocycles. The molecule has 1 saturated heterocycles. The van der Waals surface area contributed by atoms with Gasteiger partial charge in [-0.25, -0.2) is 8.42 Å². The molecule has 1 aliphatic heterocycles. The molecule has 7 heteroatoms. The maximum absolute atomic E-state index is 13.1. The van der Waals surface area contributed by atoms with Crippen LogP contribution in [0.2, 0.25) is 0 Å². The number of aryl methyl sites for hydroxylation is 4. The highest BCUT2D eigenvalue weighted by Crippen LogP contribution is 2.26. The third kappa shape index (κ3) is 3.29. The van der Waals surface area contributed by atoms with Gasteiger partial charge in [-0.15, -0.1) is 0 Å². The van der Waals surface area contributed by atoms with E-state index < -0.39 is 10.0 Å². The molecule has 3 rings (SSSR count). The number of nitrogens with zero attached hydrogens (tertiary/aromatic N) is 2. The van der Waals surface area contributed by atoms with Crippen molar-refractivity contribution in [2.75, 3.05) is 26.2 Å². The lowest BCUT2D eigenvalue weighted by atomic mass is 10.1. The molecular formula is C19H24N2O4S. The van der Waals surface area contributed by atoms with Crippen molar-refractivity contribution in [3.8, 4) is 0 Å². The molecule has 1 aromatic carbocycles. The molecule has 6 nitrogen and oxygen atoms in total. The number of hydrogen-bond acceptors (Lipinski definition) is 4. The third-order valence-corrected chi connectivity index (χ3v) is 7.02. The number of benzene rings is 1. The van der Waals surface area contributed by atoms with E-state index >= 15 is 0 Å². The fourth-order valence-electron chi connectivity index (χ4n) is 3.61. The van der Waals surface area contributed by atoms with E-state index in [2.05, 4.69) is 0 Å². The normalized spacial score (nSPS) is 16.1. The Morgan fingerprint density at radius 1 is 1.00 bits per heavy atom. The van der Waals surface area contributed by atoms with Crippen LogP contribution in [0.25, 0.3) is 0 Å². The predicted molar refractivity (Wildman–Crippen MR) is 98.8 cm³/mol. The van der Waals surface area contributed by atoms with Crippen molar-refractivity contribution in [2.24, 2.45) is 0 Å². The molecule has 0 radical (unpaired) electrons. The van der Waals surface area contributed by atoms with Crippen LogP contribution in [0.4, 0.5) is 0 Å². The molecule has 2 aromatic rings. The van der Waals surface area contributed by atoms with Gasteiger partial charge < -0.3 is 9.32 Å². The molecule has 0 N–H and O–H groups in total. The molecule has 1 aliphatic rings. The summed E-state index contributed by atoms with van der Waals surface area (Å²) >= 11 is 0. The molecule has 0 unspecified atom stereocenters. The number of carbonyl (C=O) groups excluding carboxylic acids is 1. The molecule has 0 atom stereocenters. The summed E-state index contributed by atoms with van der Waals surface area (Å²) in [6.45, 7) is 8.67. The van der Waals surface area contributed by atoms with Crippen molar-refractivity contribution < 1.29 is 17.6 Å². The SMILES string of the molecule is Cc1cc(C)c(S(=O)(=O)N2CCN(C(=O)c3ccoc3C)CC2)c(C)c1. The lowest BCUT2D eigenvalue weighted by Crippen LogP contribution is -2.50. The van der Waals surface area contributed by atoms with E-state index in [1.165, 1.54) is 10.6 Å². The van der Waals surface area contributed by atoms with Gasteiger partial charge in [0.05, 0.1) is 16.7 Å². The molecule has 1 fully saturated rings. The zero-order chi connectivity index (χ0) is 19.1. The minimum absolute atomic E-state index is 0.115. The van der Waals surface area contributed by atoms with E-state index in [9.17, 15) is 13.2 Å². The number of rotatable bonds is 3. The van der Waals surface area contributed by atoms with Gasteiger partial charge in [-0.3, -0.25) is 4.79 Å². The van der Waals surface area contributed by atoms with Crippen molar-refractivity contribution in [3.05, 3.63) is 52.5 Å². The first-order chi connectivity index (χ1) is 12.2. The average Bonchev–Trinajstić information content (AvgIpc) is 2.99. The maximum atomic E-state index is 13.1. The Kier molecular flexibility index (Phi) is 4.94. The Labute approximate surface area is 154 Å². The predicted octanol–water partition coefficient (Wildman–Crippen LogP) is 2.66. The van der Waals surface area contributed by atoms with Gasteiger partial charge in [0.2, 0.25) is 10.0 Å². The Morgan fingerprint density at radius 3 is 2.08 bits per heavy atom. The monoisotopic (exact) mass is 376 g/mol. The Morgan fingerprint density at radius 2 is 1.58 bits per heavy atom. The summed E-state index contributed by atoms with van der Waals surface area (Å²) in [6.07, 6.45) is 1.49. The minimum Gasteiger partial charge on any atom is -0.469 e. The maximum Gasteiger partial charge on any atom is 0.257 e. The van der Waals surface area contributed by atoms with Crippen LogP contribution in [0, 0.1) is 27.7 Å². The van der Waals surface area contributed by atoms with Gasteiger partial charge in [-0.1, -0.05) is 17.7 Å². The van der Waals surface area contributed by atoms with Crippen molar-refractivity contribution in [3.63, 3.8) is 0 Å². The zero-order valence-corrected chi connectivity index (χ0v) is 16.4. The average molecular weight is 376 g/mol. The second kappa shape index (κ2) is 6.89. The van der Waals surface area contributed by atoms with Gasteiger partial charge >= 0.3 is 0 Å². The zero-order valence-electron chi connectivity index (χ0n) is 15.6. The van der Waals surface area contributed by atoms with Gasteiger partial charge in [0.15, 0.2) is 0 Å². The van der Waals surface area contributed by atoms with Gasteiger partial charge in [-0.2, -0.15) is 4.31 Å². The van der Waals surface area contributed by atoms with E-state index in [4.69, 9.17) is 4.42 Å². The van der Waals surface area contributed by atoms with Gasteiger partial charge in [0, 0.05) is 26.2 Å². The van der Waals surface area contributed by atoms with Crippen molar-refractivity contribution in [1.29, 1.82) is 0 Å². The number of hydrogen-bond donors (Lipinski definition) is 0. The van der Waals surface area contributed by atoms with Crippen molar-refractivity contribution in [1.82, 2.24) is 9.21 Å². The molecule has 0 bridgehead atoms. The van der Waals surface area contributed by atoms with Crippen LogP contribution in [-0.2, 0) is 10.0 Å². The summed E-state index contributed by atoms with van der Waals surface area (Å²) in [4.78, 5) is 14.6. The first kappa shape index (κ1) is 18.7. The van der Waals surface area contributed by atoms with Crippen LogP contribution in [0.1, 0.15) is 32.8 Å². The van der Waals surface area contributed by atoms with Crippen molar-refractivity contribution >= 4 is 15.9 Å². The number of furan rings is 1. The Bertz CT molecular complexity index is 915. The first-order valence-corrected chi connectivity index (χ1v) is 10.1. The Balaban J connectivity index is 1.77. The van der Waals surface area contributed by atoms with Gasteiger partial charge in [0.1, 0.15) is 5.76 Å². The van der Waals surface area contributed by atoms with Crippen LogP contribution in [0.5, 0.6) is 0 Å². The fraction of sp³-hybridized carbons (Fsp3) is 0.421. The summed E-state index contributed by atoms with van der Waals surface area (Å²) < 4.78 is 32.9. The molecule has 140 valence electrons. The topological polar surface area (TPSA) is 70.8 Å². The number of carbonyl (C=O) groups is 1. The summed E-state index contributed by atoms with van der Waals surface area (Å²) in [5.74, 6) is 0.465. The molecule has 0 saturated carbocycles. The van der Waals surface area contributed by atoms with Gasteiger partial charge in [0.25, 0.3) is 5.91 Å². The van der Waals surface area contributed by atoms with E-state index in [0.717, 1.165) is 16.7 Å². The van der Waals surface area contributed by atoms with Gasteiger partial charge in [-0.05, 0) is 44.9 Å². The second-order valence-corrected chi connectivity index (χ2v) is 8.69. The second-order valence-electron chi connectivity index (χ2n) is 6.81. The standard InChI is InChI=1S/C19H24N2O4S/c1-13-11-14(2)18(15(3)12-13)26(23,24)21-8-6-20(7-9-21)19(22)17-5-10-25-16(17)4/h5,10-12H,6-9H2,1-4H3. The highest BCUT2D eigenvalue weighted by Gasteiger charge is 2.32. The molecule has 0 spiro atoms. The summed E-state index contributed by atoms with van der Waals surface area (Å²) in [5.41, 5.74) is 3.10. The highest BCUT2D eigenvalue weighted by atomic mass is 32.2. The summed E-state index contributed by atoms with van der Waals surface area (Å²) in [5, 5.41) is 0. The summed E-state index contributed by atoms with van der Waals surface area (Å²) in [7, 11) is -3.57. The van der Waals surface area contributed by atoms with Crippen LogP contribution in [0.3, 0.4) is 0 Å². The van der Waals surface area contributed by atoms with E-state index in [1.807, 2.05) is 32.9 Å². The number of sulfonamides is 1. The lowest BCUT2D eigenvalue weighted by Gasteiger charge is -2.34. The van der Waals surface area contributed by atoms with E-state index in [1.54, 1.807) is 17.9 Å². The summed E-state index contributed by atoms with van der Waals surface area (Å²) in [6, 6.07) is 5.43. The highest BCUT2D eigenvalue weighted by molar-refractivity contribution is 7.89. The Hall–Kier alpha value is -2.12. The third-order valence-electron chi connectivity index (χ3n) is 4.82. The first-order valence-electron chi connectivity index (χ1n) is 8.63. The number of piperazine rings is 1.